The van der Waals surface area contributed by atoms with E-state index in [9.17, 15) is 9.60 Å². The summed E-state index contributed by atoms with van der Waals surface area (Å²) in [7, 11) is 0. The van der Waals surface area contributed by atoms with Crippen LogP contribution in [0.1, 0.15) is 0 Å². The predicted octanol–water partition coefficient (Wildman–Crippen LogP) is 0.772. The van der Waals surface area contributed by atoms with Crippen LogP contribution in [-0.4, -0.2) is 11.2 Å². The van der Waals surface area contributed by atoms with E-state index in [2.05, 4.69) is 5.11 Å². The molecule has 0 bridgehead atoms. The van der Waals surface area contributed by atoms with Gasteiger partial charge in [0.2, 0.25) is 0 Å². The second-order valence-corrected chi connectivity index (χ2v) is 1.13. The lowest BCUT2D eigenvalue weighted by atomic mass is 10.6. The number of nitrogens with zero attached hydrogens (tertiary/aromatic N) is 2. The Balaban J connectivity index is 2.69. The third-order valence-corrected chi connectivity index (χ3v) is 0.636. The Morgan fingerprint density at radius 3 is 2.71 bits per heavy atom. The van der Waals surface area contributed by atoms with Gasteiger partial charge in [-0.3, -0.25) is 0 Å². The second-order valence-electron chi connectivity index (χ2n) is 1.13. The van der Waals surface area contributed by atoms with E-state index in [1.54, 1.807) is 0 Å². The molecule has 1 aliphatic rings. The highest BCUT2D eigenvalue weighted by Gasteiger charge is 2.14. The van der Waals surface area contributed by atoms with Crippen LogP contribution in [0.2, 0.25) is 0 Å². The van der Waals surface area contributed by atoms with Gasteiger partial charge in [-0.1, -0.05) is 4.86 Å². The first-order valence-electron chi connectivity index (χ1n) is 1.78. The van der Waals surface area contributed by atoms with Gasteiger partial charge in [-0.2, -0.15) is 4.39 Å². The Hall–Kier alpha value is -0.930. The van der Waals surface area contributed by atoms with Crippen LogP contribution in [-0.2, 0) is 0 Å². The van der Waals surface area contributed by atoms with Crippen LogP contribution >= 0.6 is 0 Å². The maximum Gasteiger partial charge on any atom is 0.350 e. The zero-order valence-corrected chi connectivity index (χ0v) is 3.41. The van der Waals surface area contributed by atoms with E-state index in [4.69, 9.17) is 0 Å². The summed E-state index contributed by atoms with van der Waals surface area (Å²) in [4.78, 5) is 0. The lowest BCUT2D eigenvalue weighted by Crippen LogP contribution is -2.05. The number of hydrogen-bond donors (Lipinski definition) is 0. The van der Waals surface area contributed by atoms with Crippen molar-refractivity contribution in [3.8, 4) is 0 Å². The highest BCUT2D eigenvalue weighted by molar-refractivity contribution is 4.83. The molecule has 0 saturated heterocycles. The third kappa shape index (κ3) is 0.581. The minimum atomic E-state index is -1.56. The van der Waals surface area contributed by atoms with Gasteiger partial charge in [-0.05, 0) is 0 Å². The van der Waals surface area contributed by atoms with E-state index in [1.807, 2.05) is 0 Å². The summed E-state index contributed by atoms with van der Waals surface area (Å²) in [6.45, 7) is 0. The molecule has 0 aromatic carbocycles. The van der Waals surface area contributed by atoms with Gasteiger partial charge in [0.25, 0.3) is 0 Å². The van der Waals surface area contributed by atoms with E-state index in [-0.39, 0.29) is 4.86 Å². The quantitative estimate of drug-likeness (QED) is 0.253. The molecule has 0 aromatic heterocycles. The van der Waals surface area contributed by atoms with Crippen LogP contribution in [0.5, 0.6) is 0 Å². The van der Waals surface area contributed by atoms with E-state index < -0.39 is 6.30 Å². The molecule has 0 saturated carbocycles. The molecule has 0 spiro atoms. The summed E-state index contributed by atoms with van der Waals surface area (Å²) < 4.78 is 11.8. The Kier molecular flexibility index (Phi) is 0.780. The van der Waals surface area contributed by atoms with Gasteiger partial charge >= 0.3 is 6.30 Å². The van der Waals surface area contributed by atoms with Crippen LogP contribution in [0.25, 0.3) is 0 Å². The number of hydroxylamine groups is 1. The summed E-state index contributed by atoms with van der Waals surface area (Å²) in [5.41, 5.74) is 0. The van der Waals surface area contributed by atoms with E-state index in [1.165, 1.54) is 0 Å². The van der Waals surface area contributed by atoms with Gasteiger partial charge in [-0.25, -0.2) is 0 Å². The molecule has 7 heavy (non-hydrogen) atoms. The van der Waals surface area contributed by atoms with Gasteiger partial charge in [0, 0.05) is 11.2 Å². The summed E-state index contributed by atoms with van der Waals surface area (Å²) in [6.07, 6.45) is 0.657. The van der Waals surface area contributed by atoms with Crippen molar-refractivity contribution in [2.75, 3.05) is 0 Å². The molecule has 0 N–H and O–H groups in total. The number of halogens is 1. The average Bonchev–Trinajstić information content (AvgIpc) is 1.91. The Labute approximate surface area is 39.3 Å². The van der Waals surface area contributed by atoms with Crippen molar-refractivity contribution in [3.63, 3.8) is 0 Å². The standard InChI is InChI=1S/C3H3FN2O/c4-3-1-2-5-6(3)7/h1-3H. The van der Waals surface area contributed by atoms with E-state index in [0.29, 0.717) is 0 Å². The average molecular weight is 102 g/mol. The zero-order chi connectivity index (χ0) is 5.28. The number of rotatable bonds is 0. The highest BCUT2D eigenvalue weighted by atomic mass is 19.1. The van der Waals surface area contributed by atoms with Crippen LogP contribution in [0.3, 0.4) is 0 Å². The van der Waals surface area contributed by atoms with Crippen LogP contribution in [0, 0.1) is 5.21 Å². The number of alkyl halides is 1. The molecule has 0 amide bonds. The second kappa shape index (κ2) is 1.29. The minimum Gasteiger partial charge on any atom is -0.597 e. The summed E-state index contributed by atoms with van der Waals surface area (Å²) in [6, 6.07) is 0. The molecular weight excluding hydrogens is 99.0 g/mol. The van der Waals surface area contributed by atoms with Crippen molar-refractivity contribution >= 4 is 0 Å². The van der Waals surface area contributed by atoms with E-state index in [0.717, 1.165) is 12.3 Å². The van der Waals surface area contributed by atoms with Crippen molar-refractivity contribution in [1.82, 2.24) is 0 Å². The minimum absolute atomic E-state index is 0. The molecular formula is C3H3FN2O. The van der Waals surface area contributed by atoms with Crippen molar-refractivity contribution in [2.45, 2.75) is 6.30 Å². The fourth-order valence-corrected chi connectivity index (χ4v) is 0.313. The topological polar surface area (TPSA) is 38.4 Å². The largest absolute Gasteiger partial charge is 0.597 e. The van der Waals surface area contributed by atoms with E-state index >= 15 is 0 Å². The normalized spacial score (nSPS) is 28.1. The molecule has 1 unspecified atom stereocenters. The van der Waals surface area contributed by atoms with Gasteiger partial charge in [0.05, 0.1) is 0 Å². The van der Waals surface area contributed by atoms with Crippen LogP contribution in [0.4, 0.5) is 4.39 Å². The number of azo groups is 1. The molecule has 38 valence electrons. The summed E-state index contributed by atoms with van der Waals surface area (Å²) >= 11 is 0. The zero-order valence-electron chi connectivity index (χ0n) is 3.41. The highest BCUT2D eigenvalue weighted by Crippen LogP contribution is 2.02. The molecule has 3 nitrogen and oxygen atoms in total. The molecule has 4 heteroatoms. The maximum absolute atomic E-state index is 11.8. The van der Waals surface area contributed by atoms with Crippen LogP contribution < -0.4 is 0 Å². The molecule has 0 radical (unpaired) electrons. The van der Waals surface area contributed by atoms with Gasteiger partial charge < -0.3 is 5.21 Å². The molecule has 0 aromatic rings. The van der Waals surface area contributed by atoms with Crippen molar-refractivity contribution in [2.24, 2.45) is 5.11 Å². The Morgan fingerprint density at radius 2 is 2.57 bits per heavy atom. The molecule has 1 atom stereocenters. The van der Waals surface area contributed by atoms with Crippen LogP contribution in [0.15, 0.2) is 17.4 Å². The summed E-state index contributed by atoms with van der Waals surface area (Å²) in [5, 5.41) is 12.9. The molecule has 0 aliphatic carbocycles. The first-order valence-corrected chi connectivity index (χ1v) is 1.78. The Bertz CT molecular complexity index is 131. The van der Waals surface area contributed by atoms with Gasteiger partial charge in [0.1, 0.15) is 6.20 Å². The fourth-order valence-electron chi connectivity index (χ4n) is 0.313. The fraction of sp³-hybridized carbons (Fsp3) is 0.333. The Morgan fingerprint density at radius 1 is 1.86 bits per heavy atom. The summed E-state index contributed by atoms with van der Waals surface area (Å²) in [5.74, 6) is 0. The first-order chi connectivity index (χ1) is 3.30. The maximum atomic E-state index is 11.8. The monoisotopic (exact) mass is 102 g/mol. The van der Waals surface area contributed by atoms with Crippen molar-refractivity contribution in [3.05, 3.63) is 17.5 Å². The third-order valence-electron chi connectivity index (χ3n) is 0.636. The SMILES string of the molecule is [O-][N+]1=NC=CC1F. The van der Waals surface area contributed by atoms with Gasteiger partial charge in [-0.15, -0.1) is 0 Å². The molecule has 1 heterocycles. The molecule has 1 aliphatic heterocycles. The van der Waals surface area contributed by atoms with Gasteiger partial charge in [0.15, 0.2) is 0 Å². The lowest BCUT2D eigenvalue weighted by Gasteiger charge is -1.92. The van der Waals surface area contributed by atoms with Crippen molar-refractivity contribution in [1.29, 1.82) is 0 Å². The molecule has 1 rings (SSSR count). The first kappa shape index (κ1) is 4.23. The van der Waals surface area contributed by atoms with Crippen molar-refractivity contribution < 1.29 is 9.25 Å². The lowest BCUT2D eigenvalue weighted by molar-refractivity contribution is -0.573. The number of hydrogen-bond acceptors (Lipinski definition) is 2. The smallest absolute Gasteiger partial charge is 0.350 e. The molecule has 0 fully saturated rings. The predicted molar refractivity (Wildman–Crippen MR) is 20.1 cm³/mol.